The Balaban J connectivity index is 1.29. The van der Waals surface area contributed by atoms with Crippen molar-refractivity contribution in [1.82, 2.24) is 25.2 Å². The second-order valence-electron chi connectivity index (χ2n) is 6.73. The van der Waals surface area contributed by atoms with Crippen LogP contribution in [0.25, 0.3) is 0 Å². The second kappa shape index (κ2) is 7.43. The molecule has 0 spiro atoms. The number of carbonyl (C=O) groups is 2. The summed E-state index contributed by atoms with van der Waals surface area (Å²) < 4.78 is 20.6. The smallest absolute Gasteiger partial charge is 0.251 e. The van der Waals surface area contributed by atoms with E-state index in [-0.39, 0.29) is 36.9 Å². The maximum absolute atomic E-state index is 12.9. The van der Waals surface area contributed by atoms with Gasteiger partial charge in [0.25, 0.3) is 5.91 Å². The monoisotopic (exact) mass is 373 g/mol. The number of hydrogen-bond donors (Lipinski definition) is 1. The van der Waals surface area contributed by atoms with Gasteiger partial charge < -0.3 is 15.0 Å². The van der Waals surface area contributed by atoms with Crippen molar-refractivity contribution in [2.24, 2.45) is 0 Å². The van der Waals surface area contributed by atoms with E-state index in [0.29, 0.717) is 25.3 Å². The summed E-state index contributed by atoms with van der Waals surface area (Å²) >= 11 is 0. The fourth-order valence-electron chi connectivity index (χ4n) is 3.55. The molecule has 1 N–H and O–H groups in total. The largest absolute Gasteiger partial charge is 0.370 e. The van der Waals surface area contributed by atoms with E-state index in [4.69, 9.17) is 4.74 Å². The van der Waals surface area contributed by atoms with E-state index in [1.165, 1.54) is 24.3 Å². The number of nitrogens with zero attached hydrogens (tertiary/aromatic N) is 4. The average molecular weight is 373 g/mol. The molecule has 1 saturated heterocycles. The van der Waals surface area contributed by atoms with Crippen molar-refractivity contribution in [3.8, 4) is 0 Å². The lowest BCUT2D eigenvalue weighted by Crippen LogP contribution is -2.50. The molecule has 0 saturated carbocycles. The number of carbonyl (C=O) groups excluding carboxylic acids is 2. The Bertz CT molecular complexity index is 838. The van der Waals surface area contributed by atoms with E-state index in [9.17, 15) is 14.0 Å². The molecular weight excluding hydrogens is 353 g/mol. The number of rotatable bonds is 4. The van der Waals surface area contributed by atoms with Crippen LogP contribution >= 0.6 is 0 Å². The van der Waals surface area contributed by atoms with Crippen molar-refractivity contribution in [2.45, 2.75) is 31.6 Å². The lowest BCUT2D eigenvalue weighted by atomic mass is 10.00. The average Bonchev–Trinajstić information content (AvgIpc) is 3.17. The highest BCUT2D eigenvalue weighted by Gasteiger charge is 2.37. The molecule has 1 fully saturated rings. The lowest BCUT2D eigenvalue weighted by molar-refractivity contribution is -0.137. The molecule has 1 aromatic carbocycles. The van der Waals surface area contributed by atoms with Crippen LogP contribution in [0.4, 0.5) is 4.39 Å². The fourth-order valence-corrected chi connectivity index (χ4v) is 3.55. The standard InChI is InChI=1S/C18H20FN5O3/c19-13-3-1-12(2-4-13)18(26)20-7-5-17(25)23-8-6-16-15(10-23)24-14(11-27-16)9-21-22-24/h1-4,9,15-16H,5-8,10-11H2,(H,20,26)/t15-,16+/m1/s1. The lowest BCUT2D eigenvalue weighted by Gasteiger charge is -2.41. The van der Waals surface area contributed by atoms with Crippen LogP contribution in [-0.2, 0) is 16.1 Å². The molecule has 0 bridgehead atoms. The third-order valence-electron chi connectivity index (χ3n) is 5.01. The maximum Gasteiger partial charge on any atom is 0.251 e. The van der Waals surface area contributed by atoms with E-state index >= 15 is 0 Å². The summed E-state index contributed by atoms with van der Waals surface area (Å²) in [7, 11) is 0. The third kappa shape index (κ3) is 3.68. The summed E-state index contributed by atoms with van der Waals surface area (Å²) in [5.41, 5.74) is 1.28. The van der Waals surface area contributed by atoms with Gasteiger partial charge in [-0.2, -0.15) is 0 Å². The summed E-state index contributed by atoms with van der Waals surface area (Å²) in [6, 6.07) is 5.26. The Morgan fingerprint density at radius 3 is 2.93 bits per heavy atom. The molecule has 8 nitrogen and oxygen atoms in total. The van der Waals surface area contributed by atoms with Crippen molar-refractivity contribution in [3.05, 3.63) is 47.5 Å². The van der Waals surface area contributed by atoms with Gasteiger partial charge in [0.15, 0.2) is 0 Å². The van der Waals surface area contributed by atoms with Gasteiger partial charge in [-0.25, -0.2) is 9.07 Å². The molecular formula is C18H20FN5O3. The van der Waals surface area contributed by atoms with Crippen molar-refractivity contribution in [1.29, 1.82) is 0 Å². The predicted octanol–water partition coefficient (Wildman–Crippen LogP) is 0.910. The van der Waals surface area contributed by atoms with E-state index in [1.807, 2.05) is 4.68 Å². The Morgan fingerprint density at radius 1 is 1.30 bits per heavy atom. The molecule has 0 aliphatic carbocycles. The first-order valence-corrected chi connectivity index (χ1v) is 8.94. The van der Waals surface area contributed by atoms with Crippen LogP contribution in [0.15, 0.2) is 30.5 Å². The number of piperidine rings is 1. The van der Waals surface area contributed by atoms with Gasteiger partial charge in [0.05, 0.1) is 30.6 Å². The molecule has 4 rings (SSSR count). The Labute approximate surface area is 155 Å². The highest BCUT2D eigenvalue weighted by Crippen LogP contribution is 2.30. The minimum Gasteiger partial charge on any atom is -0.370 e. The number of halogens is 1. The Hall–Kier alpha value is -2.81. The number of benzene rings is 1. The summed E-state index contributed by atoms with van der Waals surface area (Å²) in [5, 5.41) is 10.7. The molecule has 0 radical (unpaired) electrons. The number of hydrogen-bond acceptors (Lipinski definition) is 5. The van der Waals surface area contributed by atoms with Gasteiger partial charge in [0.2, 0.25) is 5.91 Å². The predicted molar refractivity (Wildman–Crippen MR) is 92.2 cm³/mol. The zero-order valence-electron chi connectivity index (χ0n) is 14.7. The molecule has 2 atom stereocenters. The first-order valence-electron chi connectivity index (χ1n) is 8.94. The zero-order chi connectivity index (χ0) is 18.8. The number of amides is 2. The minimum absolute atomic E-state index is 0.0252. The molecule has 2 aromatic rings. The van der Waals surface area contributed by atoms with Crippen LogP contribution < -0.4 is 5.32 Å². The molecule has 2 aliphatic rings. The van der Waals surface area contributed by atoms with Gasteiger partial charge in [0.1, 0.15) is 5.82 Å². The van der Waals surface area contributed by atoms with Crippen LogP contribution in [0, 0.1) is 5.82 Å². The SMILES string of the molecule is O=C(NCCC(=O)N1CC[C@@H]2OCc3cnnn3[C@@H]2C1)c1ccc(F)cc1. The normalized spacial score (nSPS) is 21.3. The molecule has 3 heterocycles. The summed E-state index contributed by atoms with van der Waals surface area (Å²) in [6.07, 6.45) is 2.68. The molecule has 2 amide bonds. The van der Waals surface area contributed by atoms with E-state index in [1.54, 1.807) is 11.1 Å². The van der Waals surface area contributed by atoms with Crippen LogP contribution in [0.5, 0.6) is 0 Å². The van der Waals surface area contributed by atoms with Gasteiger partial charge in [-0.1, -0.05) is 5.21 Å². The van der Waals surface area contributed by atoms with Crippen LogP contribution in [-0.4, -0.2) is 57.4 Å². The topological polar surface area (TPSA) is 89.3 Å². The summed E-state index contributed by atoms with van der Waals surface area (Å²) in [5.74, 6) is -0.748. The van der Waals surface area contributed by atoms with Crippen LogP contribution in [0.2, 0.25) is 0 Å². The molecule has 2 aliphatic heterocycles. The molecule has 142 valence electrons. The Morgan fingerprint density at radius 2 is 2.11 bits per heavy atom. The summed E-state index contributed by atoms with van der Waals surface area (Å²) in [4.78, 5) is 26.3. The van der Waals surface area contributed by atoms with Crippen molar-refractivity contribution in [3.63, 3.8) is 0 Å². The number of aromatic nitrogens is 3. The zero-order valence-corrected chi connectivity index (χ0v) is 14.7. The van der Waals surface area contributed by atoms with Gasteiger partial charge in [-0.3, -0.25) is 9.59 Å². The number of ether oxygens (including phenoxy) is 1. The van der Waals surface area contributed by atoms with E-state index in [2.05, 4.69) is 15.6 Å². The fraction of sp³-hybridized carbons (Fsp3) is 0.444. The molecule has 1 aromatic heterocycles. The highest BCUT2D eigenvalue weighted by molar-refractivity contribution is 5.94. The van der Waals surface area contributed by atoms with Crippen LogP contribution in [0.1, 0.15) is 34.9 Å². The van der Waals surface area contributed by atoms with E-state index in [0.717, 1.165) is 12.1 Å². The molecule has 0 unspecified atom stereocenters. The van der Waals surface area contributed by atoms with Crippen molar-refractivity contribution < 1.29 is 18.7 Å². The van der Waals surface area contributed by atoms with Gasteiger partial charge in [-0.05, 0) is 30.7 Å². The van der Waals surface area contributed by atoms with Gasteiger partial charge >= 0.3 is 0 Å². The number of likely N-dealkylation sites (tertiary alicyclic amines) is 1. The van der Waals surface area contributed by atoms with Crippen molar-refractivity contribution in [2.75, 3.05) is 19.6 Å². The van der Waals surface area contributed by atoms with Crippen molar-refractivity contribution >= 4 is 11.8 Å². The Kier molecular flexibility index (Phi) is 4.85. The first kappa shape index (κ1) is 17.6. The highest BCUT2D eigenvalue weighted by atomic mass is 19.1. The second-order valence-corrected chi connectivity index (χ2v) is 6.73. The molecule has 9 heteroatoms. The van der Waals surface area contributed by atoms with Crippen LogP contribution in [0.3, 0.4) is 0 Å². The quantitative estimate of drug-likeness (QED) is 0.861. The first-order chi connectivity index (χ1) is 13.1. The number of fused-ring (bicyclic) bond motifs is 3. The third-order valence-corrected chi connectivity index (χ3v) is 5.01. The van der Waals surface area contributed by atoms with Gasteiger partial charge in [0, 0.05) is 31.6 Å². The van der Waals surface area contributed by atoms with Gasteiger partial charge in [-0.15, -0.1) is 5.10 Å². The van der Waals surface area contributed by atoms with E-state index < -0.39 is 5.82 Å². The molecule has 27 heavy (non-hydrogen) atoms. The minimum atomic E-state index is -0.396. The number of nitrogens with one attached hydrogen (secondary N) is 1. The maximum atomic E-state index is 12.9. The summed E-state index contributed by atoms with van der Waals surface area (Å²) in [6.45, 7) is 1.87.